The number of carbonyl (C=O) groups is 4. The van der Waals surface area contributed by atoms with Gasteiger partial charge in [-0.2, -0.15) is 0 Å². The topological polar surface area (TPSA) is 139 Å². The van der Waals surface area contributed by atoms with Crippen molar-refractivity contribution in [3.8, 4) is 0 Å². The number of β-lactam (4-membered cyclic amide) rings is 1. The van der Waals surface area contributed by atoms with Crippen LogP contribution in [0.4, 0.5) is 5.69 Å². The number of rotatable bonds is 8. The first kappa shape index (κ1) is 26.9. The molecule has 1 aromatic carbocycles. The molecule has 1 unspecified atom stereocenters. The van der Waals surface area contributed by atoms with Crippen molar-refractivity contribution in [3.05, 3.63) is 46.5 Å². The summed E-state index contributed by atoms with van der Waals surface area (Å²) >= 11 is 1.40. The summed E-state index contributed by atoms with van der Waals surface area (Å²) in [4.78, 5) is 52.5. The number of fused-ring (bicyclic) bond motifs is 1. The summed E-state index contributed by atoms with van der Waals surface area (Å²) in [5.74, 6) is -2.62. The molecule has 198 valence electrons. The van der Waals surface area contributed by atoms with Crippen LogP contribution < -0.4 is 10.6 Å². The highest BCUT2D eigenvalue weighted by atomic mass is 32.2. The number of carbonyl (C=O) groups excluding carboxylic acids is 3. The number of nitrogens with one attached hydrogen (secondary N) is 2. The third-order valence-electron chi connectivity index (χ3n) is 7.05. The molecule has 0 aromatic heterocycles. The summed E-state index contributed by atoms with van der Waals surface area (Å²) < 4.78 is 0. The van der Waals surface area contributed by atoms with Gasteiger partial charge in [0.15, 0.2) is 0 Å². The largest absolute Gasteiger partial charge is 0.477 e. The Morgan fingerprint density at radius 3 is 2.51 bits per heavy atom. The molecule has 37 heavy (non-hydrogen) atoms. The summed E-state index contributed by atoms with van der Waals surface area (Å²) in [6, 6.07) is 6.36. The molecule has 3 aliphatic heterocycles. The third-order valence-corrected chi connectivity index (χ3v) is 8.56. The van der Waals surface area contributed by atoms with Crippen molar-refractivity contribution in [2.45, 2.75) is 43.7 Å². The van der Waals surface area contributed by atoms with E-state index in [2.05, 4.69) is 10.6 Å². The first-order valence-electron chi connectivity index (χ1n) is 12.2. The standard InChI is InChI=1S/C26H32N4O6S/c1-13-21-20(14(2)31)25(34)30(21)22(26(35)36)23(13)37-17-11-18(27-12-17)24(33)28-16-8-5-15(6-9-16)7-10-19(32)29(3)4/h5-10,13-14,17-18,20-21,27,31H,11-12H2,1-4H3,(H,28,33)(H,35,36)/b10-7+/t13-,14-,17+,18+,20-,21?/m1/s1. The van der Waals surface area contributed by atoms with Crippen LogP contribution in [0.5, 0.6) is 0 Å². The molecule has 6 atom stereocenters. The van der Waals surface area contributed by atoms with Crippen molar-refractivity contribution >= 4 is 47.2 Å². The van der Waals surface area contributed by atoms with Gasteiger partial charge < -0.3 is 30.6 Å². The number of nitrogens with zero attached hydrogens (tertiary/aromatic N) is 2. The maximum absolute atomic E-state index is 12.9. The molecule has 3 amide bonds. The van der Waals surface area contributed by atoms with E-state index >= 15 is 0 Å². The zero-order valence-corrected chi connectivity index (χ0v) is 22.0. The maximum Gasteiger partial charge on any atom is 0.353 e. The average molecular weight is 529 g/mol. The summed E-state index contributed by atoms with van der Waals surface area (Å²) in [6.45, 7) is 3.96. The predicted octanol–water partition coefficient (Wildman–Crippen LogP) is 1.34. The Morgan fingerprint density at radius 1 is 1.24 bits per heavy atom. The quantitative estimate of drug-likeness (QED) is 0.293. The minimum atomic E-state index is -1.15. The molecule has 11 heteroatoms. The highest BCUT2D eigenvalue weighted by molar-refractivity contribution is 8.03. The van der Waals surface area contributed by atoms with Gasteiger partial charge >= 0.3 is 5.97 Å². The molecule has 0 saturated carbocycles. The molecule has 3 aliphatic rings. The summed E-state index contributed by atoms with van der Waals surface area (Å²) in [7, 11) is 3.36. The molecule has 2 saturated heterocycles. The monoisotopic (exact) mass is 528 g/mol. The number of likely N-dealkylation sites (N-methyl/N-ethyl adjacent to an activating group) is 1. The second kappa shape index (κ2) is 10.7. The first-order chi connectivity index (χ1) is 17.5. The maximum atomic E-state index is 12.9. The lowest BCUT2D eigenvalue weighted by Crippen LogP contribution is -2.63. The van der Waals surface area contributed by atoms with Crippen molar-refractivity contribution in [2.24, 2.45) is 11.8 Å². The van der Waals surface area contributed by atoms with Crippen LogP contribution in [0.2, 0.25) is 0 Å². The van der Waals surface area contributed by atoms with Gasteiger partial charge in [0.2, 0.25) is 17.7 Å². The lowest BCUT2D eigenvalue weighted by Gasteiger charge is -2.46. The number of aliphatic carboxylic acids is 1. The van der Waals surface area contributed by atoms with E-state index < -0.39 is 24.0 Å². The van der Waals surface area contributed by atoms with Crippen LogP contribution >= 0.6 is 11.8 Å². The van der Waals surface area contributed by atoms with Crippen LogP contribution in [-0.4, -0.2) is 87.8 Å². The lowest BCUT2D eigenvalue weighted by atomic mass is 9.79. The number of hydrogen-bond acceptors (Lipinski definition) is 7. The van der Waals surface area contributed by atoms with Crippen molar-refractivity contribution < 1.29 is 29.4 Å². The Labute approximate surface area is 219 Å². The van der Waals surface area contributed by atoms with Crippen LogP contribution in [0.3, 0.4) is 0 Å². The smallest absolute Gasteiger partial charge is 0.353 e. The second-order valence-corrected chi connectivity index (χ2v) is 11.2. The summed E-state index contributed by atoms with van der Waals surface area (Å²) in [6.07, 6.45) is 2.85. The van der Waals surface area contributed by atoms with Crippen molar-refractivity contribution in [2.75, 3.05) is 26.0 Å². The van der Waals surface area contributed by atoms with Crippen LogP contribution in [0.15, 0.2) is 40.9 Å². The number of carboxylic acid groups (broad SMARTS) is 1. The molecule has 0 aliphatic carbocycles. The van der Waals surface area contributed by atoms with Crippen LogP contribution in [0, 0.1) is 11.8 Å². The van der Waals surface area contributed by atoms with Gasteiger partial charge in [-0.1, -0.05) is 19.1 Å². The highest BCUT2D eigenvalue weighted by Crippen LogP contribution is 2.51. The minimum Gasteiger partial charge on any atom is -0.477 e. The number of hydrogen-bond donors (Lipinski definition) is 4. The highest BCUT2D eigenvalue weighted by Gasteiger charge is 2.60. The normalized spacial score (nSPS) is 27.8. The van der Waals surface area contributed by atoms with Gasteiger partial charge in [-0.3, -0.25) is 14.4 Å². The van der Waals surface area contributed by atoms with Gasteiger partial charge in [0.1, 0.15) is 5.70 Å². The first-order valence-corrected chi connectivity index (χ1v) is 13.1. The molecule has 4 N–H and O–H groups in total. The Morgan fingerprint density at radius 2 is 1.92 bits per heavy atom. The number of aliphatic hydroxyl groups excluding tert-OH is 1. The van der Waals surface area contributed by atoms with Crippen molar-refractivity contribution in [1.29, 1.82) is 0 Å². The van der Waals surface area contributed by atoms with Gasteiger partial charge in [-0.15, -0.1) is 11.8 Å². The van der Waals surface area contributed by atoms with E-state index in [1.807, 2.05) is 19.1 Å². The van der Waals surface area contributed by atoms with Gasteiger partial charge in [-0.25, -0.2) is 4.79 Å². The number of aliphatic hydroxyl groups is 1. The predicted molar refractivity (Wildman–Crippen MR) is 140 cm³/mol. The molecular formula is C26H32N4O6S. The molecule has 0 bridgehead atoms. The molecule has 2 fully saturated rings. The van der Waals surface area contributed by atoms with Crippen LogP contribution in [0.25, 0.3) is 6.08 Å². The van der Waals surface area contributed by atoms with Crippen LogP contribution in [-0.2, 0) is 19.2 Å². The van der Waals surface area contributed by atoms with Gasteiger partial charge in [-0.05, 0) is 37.1 Å². The molecular weight excluding hydrogens is 496 g/mol. The van der Waals surface area contributed by atoms with Crippen LogP contribution in [0.1, 0.15) is 25.8 Å². The van der Waals surface area contributed by atoms with Gasteiger partial charge in [0.25, 0.3) is 0 Å². The Balaban J connectivity index is 1.36. The number of benzene rings is 1. The van der Waals surface area contributed by atoms with E-state index in [0.29, 0.717) is 23.6 Å². The Bertz CT molecular complexity index is 1160. The SMILES string of the molecule is C[C@H]1C(S[C@@H]2CN[C@H](C(=O)Nc3ccc(/C=C/C(=O)N(C)C)cc3)C2)=C(C(=O)O)N2C(=O)[C@H]([C@@H](C)O)C12. The fourth-order valence-electron chi connectivity index (χ4n) is 5.07. The second-order valence-electron chi connectivity index (χ2n) is 9.89. The fraction of sp³-hybridized carbons (Fsp3) is 0.462. The molecule has 3 heterocycles. The molecule has 0 radical (unpaired) electrons. The van der Waals surface area contributed by atoms with Gasteiger partial charge in [0.05, 0.1) is 24.1 Å². The van der Waals surface area contributed by atoms with Crippen molar-refractivity contribution in [3.63, 3.8) is 0 Å². The third kappa shape index (κ3) is 5.29. The number of anilines is 1. The van der Waals surface area contributed by atoms with E-state index in [4.69, 9.17) is 0 Å². The number of amides is 3. The Hall–Kier alpha value is -3.15. The van der Waals surface area contributed by atoms with E-state index in [1.54, 1.807) is 39.2 Å². The molecule has 0 spiro atoms. The van der Waals surface area contributed by atoms with E-state index in [9.17, 15) is 29.4 Å². The summed E-state index contributed by atoms with van der Waals surface area (Å²) in [5, 5.41) is 25.9. The molecule has 10 nitrogen and oxygen atoms in total. The molecule has 1 aromatic rings. The summed E-state index contributed by atoms with van der Waals surface area (Å²) in [5.41, 5.74) is 1.46. The molecule has 4 rings (SSSR count). The number of thioether (sulfide) groups is 1. The van der Waals surface area contributed by atoms with Gasteiger partial charge in [0, 0.05) is 48.5 Å². The van der Waals surface area contributed by atoms with E-state index in [-0.39, 0.29) is 40.6 Å². The fourth-order valence-corrected chi connectivity index (χ4v) is 6.55. The Kier molecular flexibility index (Phi) is 7.77. The zero-order valence-electron chi connectivity index (χ0n) is 21.2. The lowest BCUT2D eigenvalue weighted by molar-refractivity contribution is -0.163. The zero-order chi connectivity index (χ0) is 27.0. The number of carboxylic acids is 1. The van der Waals surface area contributed by atoms with E-state index in [0.717, 1.165) is 5.56 Å². The van der Waals surface area contributed by atoms with E-state index in [1.165, 1.54) is 27.6 Å². The minimum absolute atomic E-state index is 0.00118. The average Bonchev–Trinajstić information content (AvgIpc) is 3.40. The van der Waals surface area contributed by atoms with Crippen molar-refractivity contribution in [1.82, 2.24) is 15.1 Å².